The Bertz CT molecular complexity index is 1110. The predicted octanol–water partition coefficient (Wildman–Crippen LogP) is 6.29. The Morgan fingerprint density at radius 2 is 1.86 bits per heavy atom. The third-order valence-corrected chi connectivity index (χ3v) is 6.22. The first-order chi connectivity index (χ1) is 14.3. The van der Waals surface area contributed by atoms with Gasteiger partial charge in [-0.05, 0) is 37.1 Å². The van der Waals surface area contributed by atoms with Gasteiger partial charge in [0.25, 0.3) is 0 Å². The van der Waals surface area contributed by atoms with Crippen LogP contribution in [0.15, 0.2) is 61.2 Å². The van der Waals surface area contributed by atoms with Gasteiger partial charge >= 0.3 is 0 Å². The molecule has 0 radical (unpaired) electrons. The fourth-order valence-electron chi connectivity index (χ4n) is 3.79. The Hall–Kier alpha value is -2.99. The van der Waals surface area contributed by atoms with Gasteiger partial charge in [-0.15, -0.1) is 0 Å². The van der Waals surface area contributed by atoms with E-state index in [1.165, 1.54) is 32.1 Å². The summed E-state index contributed by atoms with van der Waals surface area (Å²) in [6, 6.07) is 12.4. The minimum atomic E-state index is 0.555. The van der Waals surface area contributed by atoms with Crippen LogP contribution in [0, 0.1) is 0 Å². The summed E-state index contributed by atoms with van der Waals surface area (Å²) < 4.78 is 7.34. The van der Waals surface area contributed by atoms with Crippen molar-refractivity contribution in [1.82, 2.24) is 15.0 Å². The third kappa shape index (κ3) is 4.07. The van der Waals surface area contributed by atoms with Crippen molar-refractivity contribution in [3.8, 4) is 22.6 Å². The minimum Gasteiger partial charge on any atom is -0.457 e. The first-order valence-corrected chi connectivity index (χ1v) is 10.9. The number of aromatic nitrogens is 3. The van der Waals surface area contributed by atoms with E-state index in [0.717, 1.165) is 38.0 Å². The summed E-state index contributed by atoms with van der Waals surface area (Å²) in [5, 5.41) is 4.63. The third-order valence-electron chi connectivity index (χ3n) is 5.27. The predicted molar refractivity (Wildman–Crippen MR) is 118 cm³/mol. The lowest BCUT2D eigenvalue weighted by Crippen LogP contribution is -2.21. The van der Waals surface area contributed by atoms with Crippen LogP contribution in [0.2, 0.25) is 0 Å². The van der Waals surface area contributed by atoms with Crippen molar-refractivity contribution in [3.63, 3.8) is 0 Å². The lowest BCUT2D eigenvalue weighted by Gasteiger charge is -2.22. The molecule has 0 amide bonds. The Kier molecular flexibility index (Phi) is 5.09. The van der Waals surface area contributed by atoms with E-state index in [-0.39, 0.29) is 0 Å². The number of pyridine rings is 2. The molecule has 6 heteroatoms. The molecule has 0 aliphatic heterocycles. The van der Waals surface area contributed by atoms with Gasteiger partial charge in [0.15, 0.2) is 5.13 Å². The van der Waals surface area contributed by atoms with E-state index >= 15 is 0 Å². The average Bonchev–Trinajstić information content (AvgIpc) is 3.17. The lowest BCUT2D eigenvalue weighted by atomic mass is 9.96. The van der Waals surface area contributed by atoms with Crippen molar-refractivity contribution in [3.05, 3.63) is 61.2 Å². The van der Waals surface area contributed by atoms with Crippen molar-refractivity contribution >= 4 is 26.7 Å². The van der Waals surface area contributed by atoms with Crippen LogP contribution in [0.5, 0.6) is 11.5 Å². The van der Waals surface area contributed by atoms with Crippen LogP contribution in [-0.4, -0.2) is 21.0 Å². The van der Waals surface area contributed by atoms with Gasteiger partial charge in [-0.3, -0.25) is 9.97 Å². The molecule has 1 aliphatic carbocycles. The highest BCUT2D eigenvalue weighted by atomic mass is 32.1. The van der Waals surface area contributed by atoms with Gasteiger partial charge in [0.2, 0.25) is 0 Å². The monoisotopic (exact) mass is 402 g/mol. The Labute approximate surface area is 173 Å². The van der Waals surface area contributed by atoms with Crippen molar-refractivity contribution < 1.29 is 4.74 Å². The molecule has 3 aromatic heterocycles. The van der Waals surface area contributed by atoms with Crippen LogP contribution >= 0.6 is 11.3 Å². The molecule has 5 rings (SSSR count). The van der Waals surface area contributed by atoms with Gasteiger partial charge in [0.1, 0.15) is 11.5 Å². The molecule has 4 aromatic rings. The molecule has 0 atom stereocenters. The highest BCUT2D eigenvalue weighted by Crippen LogP contribution is 2.35. The van der Waals surface area contributed by atoms with Crippen molar-refractivity contribution in [2.24, 2.45) is 0 Å². The highest BCUT2D eigenvalue weighted by molar-refractivity contribution is 7.22. The van der Waals surface area contributed by atoms with Crippen molar-refractivity contribution in [2.75, 3.05) is 5.32 Å². The largest absolute Gasteiger partial charge is 0.457 e. The van der Waals surface area contributed by atoms with E-state index < -0.39 is 0 Å². The molecule has 29 heavy (non-hydrogen) atoms. The molecule has 0 spiro atoms. The molecule has 1 fully saturated rings. The Balaban J connectivity index is 1.39. The summed E-state index contributed by atoms with van der Waals surface area (Å²) >= 11 is 1.69. The second kappa shape index (κ2) is 8.17. The molecule has 0 bridgehead atoms. The van der Waals surface area contributed by atoms with Crippen LogP contribution < -0.4 is 10.1 Å². The molecule has 0 saturated heterocycles. The number of fused-ring (bicyclic) bond motifs is 1. The molecular weight excluding hydrogens is 380 g/mol. The van der Waals surface area contributed by atoms with Crippen LogP contribution in [0.3, 0.4) is 0 Å². The number of anilines is 1. The molecule has 0 unspecified atom stereocenters. The number of rotatable bonds is 5. The topological polar surface area (TPSA) is 59.9 Å². The fourth-order valence-corrected chi connectivity index (χ4v) is 4.76. The lowest BCUT2D eigenvalue weighted by molar-refractivity contribution is 0.462. The molecule has 3 heterocycles. The first kappa shape index (κ1) is 18.1. The zero-order chi connectivity index (χ0) is 19.5. The molecule has 1 saturated carbocycles. The molecule has 146 valence electrons. The molecule has 1 N–H and O–H groups in total. The second-order valence-electron chi connectivity index (χ2n) is 7.34. The van der Waals surface area contributed by atoms with Crippen LogP contribution in [0.25, 0.3) is 21.3 Å². The summed E-state index contributed by atoms with van der Waals surface area (Å²) in [5.41, 5.74) is 2.90. The minimum absolute atomic E-state index is 0.555. The summed E-state index contributed by atoms with van der Waals surface area (Å²) in [4.78, 5) is 13.2. The van der Waals surface area contributed by atoms with Crippen LogP contribution in [0.1, 0.15) is 32.1 Å². The number of thiazole rings is 1. The summed E-state index contributed by atoms with van der Waals surface area (Å²) in [5.74, 6) is 1.55. The number of hydrogen-bond donors (Lipinski definition) is 1. The van der Waals surface area contributed by atoms with E-state index in [0.29, 0.717) is 6.04 Å². The normalized spacial score (nSPS) is 14.8. The fraction of sp³-hybridized carbons (Fsp3) is 0.261. The standard InChI is InChI=1S/C23H22N4OS/c1-2-6-17(7-3-1)26-23-27-20-9-8-18(13-22(20)29-23)28-21-10-12-25-15-19(21)16-5-4-11-24-14-16/h4-5,8-15,17H,1-3,6-7H2,(H,26,27). The van der Waals surface area contributed by atoms with E-state index in [1.54, 1.807) is 23.7 Å². The average molecular weight is 403 g/mol. The maximum atomic E-state index is 6.22. The van der Waals surface area contributed by atoms with Crippen molar-refractivity contribution in [2.45, 2.75) is 38.1 Å². The molecular formula is C23H22N4OS. The van der Waals surface area contributed by atoms with Gasteiger partial charge in [-0.2, -0.15) is 0 Å². The van der Waals surface area contributed by atoms with E-state index in [4.69, 9.17) is 9.72 Å². The molecule has 1 aliphatic rings. The van der Waals surface area contributed by atoms with Gasteiger partial charge in [-0.25, -0.2) is 4.98 Å². The molecule has 1 aromatic carbocycles. The Morgan fingerprint density at radius 3 is 2.72 bits per heavy atom. The molecule has 5 nitrogen and oxygen atoms in total. The van der Waals surface area contributed by atoms with Crippen LogP contribution in [-0.2, 0) is 0 Å². The highest BCUT2D eigenvalue weighted by Gasteiger charge is 2.15. The van der Waals surface area contributed by atoms with Gasteiger partial charge < -0.3 is 10.1 Å². The summed E-state index contributed by atoms with van der Waals surface area (Å²) in [6.45, 7) is 0. The Morgan fingerprint density at radius 1 is 0.966 bits per heavy atom. The van der Waals surface area contributed by atoms with Gasteiger partial charge in [0.05, 0.1) is 10.2 Å². The zero-order valence-corrected chi connectivity index (χ0v) is 16.9. The number of benzene rings is 1. The number of nitrogens with zero attached hydrogens (tertiary/aromatic N) is 3. The summed E-state index contributed by atoms with van der Waals surface area (Å²) in [7, 11) is 0. The first-order valence-electron chi connectivity index (χ1n) is 10.0. The van der Waals surface area contributed by atoms with Crippen LogP contribution in [0.4, 0.5) is 5.13 Å². The van der Waals surface area contributed by atoms with E-state index in [2.05, 4.69) is 21.4 Å². The second-order valence-corrected chi connectivity index (χ2v) is 8.37. The zero-order valence-electron chi connectivity index (χ0n) is 16.0. The van der Waals surface area contributed by atoms with Gasteiger partial charge in [0, 0.05) is 48.0 Å². The number of nitrogens with one attached hydrogen (secondary N) is 1. The summed E-state index contributed by atoms with van der Waals surface area (Å²) in [6.07, 6.45) is 13.6. The van der Waals surface area contributed by atoms with E-state index in [1.807, 2.05) is 42.7 Å². The van der Waals surface area contributed by atoms with E-state index in [9.17, 15) is 0 Å². The smallest absolute Gasteiger partial charge is 0.184 e. The number of hydrogen-bond acceptors (Lipinski definition) is 6. The quantitative estimate of drug-likeness (QED) is 0.425. The maximum Gasteiger partial charge on any atom is 0.184 e. The number of ether oxygens (including phenoxy) is 1. The maximum absolute atomic E-state index is 6.22. The van der Waals surface area contributed by atoms with Crippen molar-refractivity contribution in [1.29, 1.82) is 0 Å². The van der Waals surface area contributed by atoms with Gasteiger partial charge in [-0.1, -0.05) is 36.7 Å². The SMILES string of the molecule is c1cncc(-c2cnccc2Oc2ccc3nc(NC4CCCCC4)sc3c2)c1.